The van der Waals surface area contributed by atoms with E-state index in [9.17, 15) is 0 Å². The van der Waals surface area contributed by atoms with Crippen LogP contribution in [0.4, 0.5) is 0 Å². The summed E-state index contributed by atoms with van der Waals surface area (Å²) >= 11 is 1.63. The normalized spacial score (nSPS) is 12.2. The van der Waals surface area contributed by atoms with E-state index >= 15 is 0 Å². The number of benzene rings is 1. The zero-order chi connectivity index (χ0) is 13.8. The molecule has 0 amide bonds. The van der Waals surface area contributed by atoms with E-state index in [1.54, 1.807) is 18.4 Å². The van der Waals surface area contributed by atoms with Crippen LogP contribution in [0, 0.1) is 6.92 Å². The minimum Gasteiger partial charge on any atom is -0.497 e. The van der Waals surface area contributed by atoms with Gasteiger partial charge in [-0.1, -0.05) is 6.07 Å². The maximum Gasteiger partial charge on any atom is 0.128 e. The predicted molar refractivity (Wildman–Crippen MR) is 76.8 cm³/mol. The Hall–Kier alpha value is -1.59. The molecular weight excluding hydrogens is 260 g/mol. The van der Waals surface area contributed by atoms with Gasteiger partial charge in [0.2, 0.25) is 0 Å². The summed E-state index contributed by atoms with van der Waals surface area (Å²) in [7, 11) is 1.64. The Morgan fingerprint density at radius 3 is 2.79 bits per heavy atom. The summed E-state index contributed by atoms with van der Waals surface area (Å²) in [5.41, 5.74) is 6.92. The van der Waals surface area contributed by atoms with Crippen molar-refractivity contribution in [3.05, 3.63) is 39.8 Å². The van der Waals surface area contributed by atoms with Crippen LogP contribution >= 0.6 is 11.3 Å². The van der Waals surface area contributed by atoms with E-state index < -0.39 is 0 Å². The highest BCUT2D eigenvalue weighted by Gasteiger charge is 2.10. The standard InChI is InChI=1S/C14H18N2O2S/c1-9(15)13-5-4-11(17-3)6-14(13)18-8-12-7-16-10(2)19-12/h4-7,9H,8,15H2,1-3H3/t9-/m0/s1. The molecule has 0 spiro atoms. The second-order valence-corrected chi connectivity index (χ2v) is 5.65. The summed E-state index contributed by atoms with van der Waals surface area (Å²) in [6.07, 6.45) is 1.84. The number of methoxy groups -OCH3 is 1. The number of nitrogens with two attached hydrogens (primary N) is 1. The van der Waals surface area contributed by atoms with Crippen molar-refractivity contribution < 1.29 is 9.47 Å². The molecule has 1 atom stereocenters. The van der Waals surface area contributed by atoms with E-state index in [1.165, 1.54) is 0 Å². The Morgan fingerprint density at radius 2 is 2.21 bits per heavy atom. The van der Waals surface area contributed by atoms with Crippen molar-refractivity contribution >= 4 is 11.3 Å². The number of rotatable bonds is 5. The van der Waals surface area contributed by atoms with Gasteiger partial charge in [-0.25, -0.2) is 4.98 Å². The molecule has 1 heterocycles. The highest BCUT2D eigenvalue weighted by Crippen LogP contribution is 2.29. The lowest BCUT2D eigenvalue weighted by molar-refractivity contribution is 0.302. The molecule has 0 saturated carbocycles. The van der Waals surface area contributed by atoms with Crippen LogP contribution in [0.2, 0.25) is 0 Å². The molecule has 0 aliphatic carbocycles. The van der Waals surface area contributed by atoms with Crippen molar-refractivity contribution in [3.8, 4) is 11.5 Å². The van der Waals surface area contributed by atoms with Gasteiger partial charge < -0.3 is 15.2 Å². The molecule has 0 unspecified atom stereocenters. The van der Waals surface area contributed by atoms with Gasteiger partial charge in [0.05, 0.1) is 17.0 Å². The number of thiazole rings is 1. The van der Waals surface area contributed by atoms with Gasteiger partial charge in [-0.2, -0.15) is 0 Å². The van der Waals surface area contributed by atoms with Crippen LogP contribution < -0.4 is 15.2 Å². The molecule has 2 aromatic rings. The first-order valence-electron chi connectivity index (χ1n) is 6.07. The van der Waals surface area contributed by atoms with Crippen molar-refractivity contribution in [1.29, 1.82) is 0 Å². The average molecular weight is 278 g/mol. The highest BCUT2D eigenvalue weighted by molar-refractivity contribution is 7.11. The second-order valence-electron chi connectivity index (χ2n) is 4.33. The van der Waals surface area contributed by atoms with Crippen LogP contribution in [0.15, 0.2) is 24.4 Å². The van der Waals surface area contributed by atoms with Crippen LogP contribution in [0.5, 0.6) is 11.5 Å². The van der Waals surface area contributed by atoms with E-state index in [1.807, 2.05) is 38.2 Å². The van der Waals surface area contributed by atoms with Crippen molar-refractivity contribution in [1.82, 2.24) is 4.98 Å². The van der Waals surface area contributed by atoms with Gasteiger partial charge in [0, 0.05) is 23.9 Å². The summed E-state index contributed by atoms with van der Waals surface area (Å²) in [6.45, 7) is 4.41. The summed E-state index contributed by atoms with van der Waals surface area (Å²) in [5.74, 6) is 1.53. The van der Waals surface area contributed by atoms with Crippen molar-refractivity contribution in [2.45, 2.75) is 26.5 Å². The van der Waals surface area contributed by atoms with E-state index in [-0.39, 0.29) is 6.04 Å². The van der Waals surface area contributed by atoms with Gasteiger partial charge in [0.15, 0.2) is 0 Å². The molecular formula is C14H18N2O2S. The summed E-state index contributed by atoms with van der Waals surface area (Å²) in [6, 6.07) is 5.62. The molecule has 0 aliphatic rings. The van der Waals surface area contributed by atoms with E-state index in [0.29, 0.717) is 6.61 Å². The van der Waals surface area contributed by atoms with Gasteiger partial charge in [-0.15, -0.1) is 11.3 Å². The number of aryl methyl sites for hydroxylation is 1. The maximum absolute atomic E-state index is 5.95. The first-order chi connectivity index (χ1) is 9.10. The maximum atomic E-state index is 5.95. The topological polar surface area (TPSA) is 57.4 Å². The Labute approximate surface area is 117 Å². The number of nitrogens with zero attached hydrogens (tertiary/aromatic N) is 1. The molecule has 4 nitrogen and oxygen atoms in total. The van der Waals surface area contributed by atoms with E-state index in [2.05, 4.69) is 4.98 Å². The Balaban J connectivity index is 2.17. The van der Waals surface area contributed by atoms with Gasteiger partial charge in [0.25, 0.3) is 0 Å². The Bertz CT molecular complexity index is 552. The molecule has 0 saturated heterocycles. The van der Waals surface area contributed by atoms with Gasteiger partial charge in [-0.05, 0) is 19.9 Å². The van der Waals surface area contributed by atoms with Crippen molar-refractivity contribution in [3.63, 3.8) is 0 Å². The molecule has 1 aromatic heterocycles. The minimum absolute atomic E-state index is 0.0795. The monoisotopic (exact) mass is 278 g/mol. The third kappa shape index (κ3) is 3.45. The minimum atomic E-state index is -0.0795. The molecule has 2 rings (SSSR count). The lowest BCUT2D eigenvalue weighted by atomic mass is 10.1. The summed E-state index contributed by atoms with van der Waals surface area (Å²) in [4.78, 5) is 5.30. The third-order valence-corrected chi connectivity index (χ3v) is 3.64. The lowest BCUT2D eigenvalue weighted by Gasteiger charge is -2.14. The Morgan fingerprint density at radius 1 is 1.42 bits per heavy atom. The fraction of sp³-hybridized carbons (Fsp3) is 0.357. The molecule has 0 radical (unpaired) electrons. The number of hydrogen-bond donors (Lipinski definition) is 1. The van der Waals surface area contributed by atoms with Crippen LogP contribution in [0.25, 0.3) is 0 Å². The molecule has 19 heavy (non-hydrogen) atoms. The first kappa shape index (κ1) is 13.8. The van der Waals surface area contributed by atoms with Crippen LogP contribution in [0.1, 0.15) is 28.4 Å². The fourth-order valence-corrected chi connectivity index (χ4v) is 2.47. The summed E-state index contributed by atoms with van der Waals surface area (Å²) in [5, 5.41) is 1.04. The van der Waals surface area contributed by atoms with Crippen LogP contribution in [0.3, 0.4) is 0 Å². The third-order valence-electron chi connectivity index (χ3n) is 2.75. The predicted octanol–water partition coefficient (Wildman–Crippen LogP) is 3.06. The lowest BCUT2D eigenvalue weighted by Crippen LogP contribution is -2.08. The Kier molecular flexibility index (Phi) is 4.39. The molecule has 0 fully saturated rings. The molecule has 0 aliphatic heterocycles. The summed E-state index contributed by atoms with van der Waals surface area (Å²) < 4.78 is 11.1. The molecule has 5 heteroatoms. The van der Waals surface area contributed by atoms with E-state index in [4.69, 9.17) is 15.2 Å². The first-order valence-corrected chi connectivity index (χ1v) is 6.89. The number of ether oxygens (including phenoxy) is 2. The largest absolute Gasteiger partial charge is 0.497 e. The zero-order valence-electron chi connectivity index (χ0n) is 11.3. The zero-order valence-corrected chi connectivity index (χ0v) is 12.2. The van der Waals surface area contributed by atoms with Crippen molar-refractivity contribution in [2.24, 2.45) is 5.73 Å². The molecule has 2 N–H and O–H groups in total. The molecule has 102 valence electrons. The van der Waals surface area contributed by atoms with Gasteiger partial charge in [-0.3, -0.25) is 0 Å². The molecule has 1 aromatic carbocycles. The number of aromatic nitrogens is 1. The quantitative estimate of drug-likeness (QED) is 0.913. The van der Waals surface area contributed by atoms with Crippen molar-refractivity contribution in [2.75, 3.05) is 7.11 Å². The van der Waals surface area contributed by atoms with Gasteiger partial charge >= 0.3 is 0 Å². The van der Waals surface area contributed by atoms with Crippen LogP contribution in [-0.2, 0) is 6.61 Å². The highest BCUT2D eigenvalue weighted by atomic mass is 32.1. The van der Waals surface area contributed by atoms with Gasteiger partial charge in [0.1, 0.15) is 18.1 Å². The average Bonchev–Trinajstić information content (AvgIpc) is 2.81. The smallest absolute Gasteiger partial charge is 0.128 e. The van der Waals surface area contributed by atoms with E-state index in [0.717, 1.165) is 26.9 Å². The number of hydrogen-bond acceptors (Lipinski definition) is 5. The van der Waals surface area contributed by atoms with Crippen LogP contribution in [-0.4, -0.2) is 12.1 Å². The SMILES string of the molecule is COc1ccc([C@H](C)N)c(OCc2cnc(C)s2)c1. The second kappa shape index (κ2) is 6.04. The molecule has 0 bridgehead atoms. The fourth-order valence-electron chi connectivity index (χ4n) is 1.76.